The Morgan fingerprint density at radius 3 is 2.00 bits per heavy atom. The van der Waals surface area contributed by atoms with Crippen LogP contribution in [-0.2, 0) is 11.2 Å². The maximum Gasteiger partial charge on any atom is 0.307 e. The Morgan fingerprint density at radius 2 is 1.57 bits per heavy atom. The zero-order valence-corrected chi connectivity index (χ0v) is 14.6. The third kappa shape index (κ3) is 7.82. The molecule has 0 aliphatic rings. The second-order valence-electron chi connectivity index (χ2n) is 4.98. The molecule has 0 bridgehead atoms. The van der Waals surface area contributed by atoms with Gasteiger partial charge in [0.25, 0.3) is 0 Å². The minimum absolute atomic E-state index is 0.113. The number of carbonyl (C=O) groups is 1. The van der Waals surface area contributed by atoms with E-state index in [-0.39, 0.29) is 6.42 Å². The molecule has 0 fully saturated rings. The molecule has 1 N–H and O–H groups in total. The lowest BCUT2D eigenvalue weighted by molar-refractivity contribution is -0.136. The topological polar surface area (TPSA) is 37.3 Å². The number of hydrogen-bond acceptors (Lipinski definition) is 3. The second kappa shape index (κ2) is 11.0. The van der Waals surface area contributed by atoms with Crippen LogP contribution in [0, 0.1) is 0 Å². The fourth-order valence-corrected chi connectivity index (χ4v) is 3.78. The van der Waals surface area contributed by atoms with Gasteiger partial charge in [0.1, 0.15) is 0 Å². The molecule has 0 radical (unpaired) electrons. The average Bonchev–Trinajstić information content (AvgIpc) is 2.46. The van der Waals surface area contributed by atoms with Gasteiger partial charge in [0.2, 0.25) is 0 Å². The summed E-state index contributed by atoms with van der Waals surface area (Å²) in [6.45, 7) is 4.40. The Morgan fingerprint density at radius 1 is 1.05 bits per heavy atom. The average molecular weight is 327 g/mol. The molecule has 0 unspecified atom stereocenters. The standard InChI is InChI=1S/C17H26O2S2/c1-3-20-11-9-16(10-12-21-4-2)15-7-5-14(6-8-15)13-17(18)19/h5-8,16H,3-4,9-13H2,1-2H3,(H,18,19). The predicted octanol–water partition coefficient (Wildman–Crippen LogP) is 4.68. The zero-order valence-electron chi connectivity index (χ0n) is 13.0. The highest BCUT2D eigenvalue weighted by Gasteiger charge is 2.12. The molecule has 0 spiro atoms. The Kier molecular flexibility index (Phi) is 9.68. The lowest BCUT2D eigenvalue weighted by atomic mass is 9.93. The van der Waals surface area contributed by atoms with Gasteiger partial charge >= 0.3 is 5.97 Å². The fraction of sp³-hybridized carbons (Fsp3) is 0.588. The van der Waals surface area contributed by atoms with Crippen LogP contribution in [0.1, 0.15) is 43.7 Å². The van der Waals surface area contributed by atoms with Gasteiger partial charge in [-0.25, -0.2) is 0 Å². The quantitative estimate of drug-likeness (QED) is 0.599. The Balaban J connectivity index is 2.64. The van der Waals surface area contributed by atoms with E-state index in [4.69, 9.17) is 5.11 Å². The summed E-state index contributed by atoms with van der Waals surface area (Å²) in [7, 11) is 0. The SMILES string of the molecule is CCSCCC(CCSCC)c1ccc(CC(=O)O)cc1. The van der Waals surface area contributed by atoms with Gasteiger partial charge in [0.05, 0.1) is 6.42 Å². The van der Waals surface area contributed by atoms with E-state index in [1.54, 1.807) is 0 Å². The van der Waals surface area contributed by atoms with Crippen LogP contribution in [0.15, 0.2) is 24.3 Å². The zero-order chi connectivity index (χ0) is 15.5. The highest BCUT2D eigenvalue weighted by atomic mass is 32.2. The number of hydrogen-bond donors (Lipinski definition) is 1. The van der Waals surface area contributed by atoms with E-state index in [0.29, 0.717) is 5.92 Å². The first-order valence-corrected chi connectivity index (χ1v) is 9.94. The Labute approximate surface area is 137 Å². The van der Waals surface area contributed by atoms with Crippen molar-refractivity contribution in [3.8, 4) is 0 Å². The van der Waals surface area contributed by atoms with Gasteiger partial charge in [-0.15, -0.1) is 0 Å². The van der Waals surface area contributed by atoms with Crippen molar-refractivity contribution in [3.05, 3.63) is 35.4 Å². The Bertz CT molecular complexity index is 394. The van der Waals surface area contributed by atoms with Crippen LogP contribution < -0.4 is 0 Å². The van der Waals surface area contributed by atoms with Crippen LogP contribution in [0.3, 0.4) is 0 Å². The number of rotatable bonds is 11. The molecule has 0 amide bonds. The molecule has 118 valence electrons. The normalized spacial score (nSPS) is 11.0. The summed E-state index contributed by atoms with van der Waals surface area (Å²) in [5, 5.41) is 8.83. The summed E-state index contributed by atoms with van der Waals surface area (Å²) in [6.07, 6.45) is 2.53. The van der Waals surface area contributed by atoms with Crippen molar-refractivity contribution < 1.29 is 9.90 Å². The monoisotopic (exact) mass is 326 g/mol. The van der Waals surface area contributed by atoms with Gasteiger partial charge in [-0.05, 0) is 52.9 Å². The highest BCUT2D eigenvalue weighted by Crippen LogP contribution is 2.27. The van der Waals surface area contributed by atoms with Gasteiger partial charge in [0, 0.05) is 0 Å². The van der Waals surface area contributed by atoms with Crippen LogP contribution in [0.5, 0.6) is 0 Å². The van der Waals surface area contributed by atoms with Gasteiger partial charge < -0.3 is 5.11 Å². The van der Waals surface area contributed by atoms with Crippen LogP contribution in [0.25, 0.3) is 0 Å². The lowest BCUT2D eigenvalue weighted by Crippen LogP contribution is -2.04. The van der Waals surface area contributed by atoms with Gasteiger partial charge in [-0.2, -0.15) is 23.5 Å². The first-order chi connectivity index (χ1) is 10.2. The summed E-state index contributed by atoms with van der Waals surface area (Å²) in [6, 6.07) is 8.18. The maximum absolute atomic E-state index is 10.7. The van der Waals surface area contributed by atoms with E-state index in [2.05, 4.69) is 26.0 Å². The van der Waals surface area contributed by atoms with E-state index in [1.807, 2.05) is 35.7 Å². The van der Waals surface area contributed by atoms with E-state index in [0.717, 1.165) is 5.56 Å². The molecule has 4 heteroatoms. The molecule has 0 aromatic heterocycles. The fourth-order valence-electron chi connectivity index (χ4n) is 2.30. The number of carboxylic acid groups (broad SMARTS) is 1. The molecule has 1 rings (SSSR count). The van der Waals surface area contributed by atoms with Crippen molar-refractivity contribution in [2.75, 3.05) is 23.0 Å². The second-order valence-corrected chi connectivity index (χ2v) is 7.77. The predicted molar refractivity (Wildman–Crippen MR) is 95.8 cm³/mol. The molecule has 1 aromatic rings. The van der Waals surface area contributed by atoms with Crippen molar-refractivity contribution in [3.63, 3.8) is 0 Å². The summed E-state index contributed by atoms with van der Waals surface area (Å²) in [5.41, 5.74) is 2.24. The molecule has 0 aliphatic carbocycles. The lowest BCUT2D eigenvalue weighted by Gasteiger charge is -2.17. The third-order valence-electron chi connectivity index (χ3n) is 3.44. The molecular formula is C17H26O2S2. The van der Waals surface area contributed by atoms with Crippen molar-refractivity contribution in [2.45, 2.75) is 39.0 Å². The largest absolute Gasteiger partial charge is 0.481 e. The van der Waals surface area contributed by atoms with E-state index in [1.165, 1.54) is 41.4 Å². The first-order valence-electron chi connectivity index (χ1n) is 7.63. The molecule has 21 heavy (non-hydrogen) atoms. The highest BCUT2D eigenvalue weighted by molar-refractivity contribution is 7.99. The summed E-state index contributed by atoms with van der Waals surface area (Å²) < 4.78 is 0. The molecule has 1 aromatic carbocycles. The van der Waals surface area contributed by atoms with Crippen molar-refractivity contribution in [1.82, 2.24) is 0 Å². The summed E-state index contributed by atoms with van der Waals surface area (Å²) in [5.74, 6) is 4.59. The van der Waals surface area contributed by atoms with Crippen LogP contribution >= 0.6 is 23.5 Å². The molecule has 0 aliphatic heterocycles. The van der Waals surface area contributed by atoms with Crippen LogP contribution in [0.2, 0.25) is 0 Å². The molecule has 0 atom stereocenters. The molecule has 2 nitrogen and oxygen atoms in total. The molecule has 0 saturated heterocycles. The van der Waals surface area contributed by atoms with Crippen LogP contribution in [0.4, 0.5) is 0 Å². The number of aliphatic carboxylic acids is 1. The third-order valence-corrected chi connectivity index (χ3v) is 5.30. The molecule has 0 saturated carbocycles. The smallest absolute Gasteiger partial charge is 0.307 e. The van der Waals surface area contributed by atoms with Crippen molar-refractivity contribution >= 4 is 29.5 Å². The van der Waals surface area contributed by atoms with E-state index >= 15 is 0 Å². The number of thioether (sulfide) groups is 2. The van der Waals surface area contributed by atoms with E-state index < -0.39 is 5.97 Å². The van der Waals surface area contributed by atoms with Gasteiger partial charge in [-0.3, -0.25) is 4.79 Å². The molecular weight excluding hydrogens is 300 g/mol. The number of benzene rings is 1. The minimum Gasteiger partial charge on any atom is -0.481 e. The van der Waals surface area contributed by atoms with Crippen molar-refractivity contribution in [1.29, 1.82) is 0 Å². The van der Waals surface area contributed by atoms with Crippen LogP contribution in [-0.4, -0.2) is 34.1 Å². The van der Waals surface area contributed by atoms with Crippen molar-refractivity contribution in [2.24, 2.45) is 0 Å². The Hall–Kier alpha value is -0.610. The maximum atomic E-state index is 10.7. The molecule has 0 heterocycles. The minimum atomic E-state index is -0.766. The van der Waals surface area contributed by atoms with Gasteiger partial charge in [-0.1, -0.05) is 38.1 Å². The van der Waals surface area contributed by atoms with Gasteiger partial charge in [0.15, 0.2) is 0 Å². The first kappa shape index (κ1) is 18.4. The summed E-state index contributed by atoms with van der Waals surface area (Å²) >= 11 is 3.99. The number of carboxylic acids is 1. The van der Waals surface area contributed by atoms with E-state index in [9.17, 15) is 4.79 Å². The summed E-state index contributed by atoms with van der Waals surface area (Å²) in [4.78, 5) is 10.7.